The Balaban J connectivity index is 2.02. The number of hydrogen-bond donors (Lipinski definition) is 2. The van der Waals surface area contributed by atoms with Crippen molar-refractivity contribution in [2.24, 2.45) is 11.8 Å². The molecule has 3 atom stereocenters. The topological polar surface area (TPSA) is 49.3 Å². The highest BCUT2D eigenvalue weighted by Gasteiger charge is 2.35. The van der Waals surface area contributed by atoms with Gasteiger partial charge in [0.15, 0.2) is 0 Å². The van der Waals surface area contributed by atoms with Crippen molar-refractivity contribution >= 4 is 5.91 Å². The molecule has 3 nitrogen and oxygen atoms in total. The Morgan fingerprint density at radius 1 is 1.07 bits per heavy atom. The van der Waals surface area contributed by atoms with Crippen LogP contribution in [0.4, 0.5) is 0 Å². The van der Waals surface area contributed by atoms with Gasteiger partial charge in [-0.05, 0) is 31.6 Å². The Labute approximate surface area is 91.2 Å². The summed E-state index contributed by atoms with van der Waals surface area (Å²) in [6.45, 7) is 0.818. The average Bonchev–Trinajstić information content (AvgIpc) is 2.44. The second-order valence-electron chi connectivity index (χ2n) is 4.91. The summed E-state index contributed by atoms with van der Waals surface area (Å²) < 4.78 is 0. The lowest BCUT2D eigenvalue weighted by Crippen LogP contribution is -2.43. The average molecular weight is 211 g/mol. The molecule has 0 spiro atoms. The second-order valence-corrected chi connectivity index (χ2v) is 4.91. The predicted octanol–water partition coefficient (Wildman–Crippen LogP) is 1.45. The number of carbonyl (C=O) groups excluding carboxylic acids is 1. The van der Waals surface area contributed by atoms with Gasteiger partial charge in [-0.15, -0.1) is 0 Å². The molecule has 1 saturated carbocycles. The fourth-order valence-corrected chi connectivity index (χ4v) is 2.99. The van der Waals surface area contributed by atoms with E-state index in [1.165, 1.54) is 12.8 Å². The minimum absolute atomic E-state index is 0.0758. The Kier molecular flexibility index (Phi) is 3.62. The van der Waals surface area contributed by atoms with Crippen molar-refractivity contribution < 1.29 is 9.90 Å². The molecule has 0 aromatic heterocycles. The molecule has 2 rings (SSSR count). The number of amides is 1. The first-order chi connectivity index (χ1) is 7.29. The molecule has 0 aromatic carbocycles. The Morgan fingerprint density at radius 3 is 2.67 bits per heavy atom. The number of hydrogen-bond acceptors (Lipinski definition) is 2. The summed E-state index contributed by atoms with van der Waals surface area (Å²) in [5.41, 5.74) is 0. The van der Waals surface area contributed by atoms with E-state index in [9.17, 15) is 9.90 Å². The molecule has 0 radical (unpaired) electrons. The van der Waals surface area contributed by atoms with E-state index in [0.29, 0.717) is 0 Å². The summed E-state index contributed by atoms with van der Waals surface area (Å²) in [7, 11) is 0. The fraction of sp³-hybridized carbons (Fsp3) is 0.917. The molecule has 3 heteroatoms. The molecule has 2 aliphatic rings. The maximum atomic E-state index is 11.7. The van der Waals surface area contributed by atoms with Gasteiger partial charge in [-0.1, -0.05) is 19.3 Å². The van der Waals surface area contributed by atoms with E-state index >= 15 is 0 Å². The van der Waals surface area contributed by atoms with Gasteiger partial charge in [-0.3, -0.25) is 4.79 Å². The molecule has 86 valence electrons. The van der Waals surface area contributed by atoms with E-state index in [1.54, 1.807) is 0 Å². The normalized spacial score (nSPS) is 38.2. The van der Waals surface area contributed by atoms with Gasteiger partial charge in [0.05, 0.1) is 6.10 Å². The quantitative estimate of drug-likeness (QED) is 0.645. The minimum atomic E-state index is -0.249. The summed E-state index contributed by atoms with van der Waals surface area (Å²) in [4.78, 5) is 11.7. The van der Waals surface area contributed by atoms with Crippen LogP contribution in [-0.4, -0.2) is 23.7 Å². The Bertz CT molecular complexity index is 230. The predicted molar refractivity (Wildman–Crippen MR) is 58.3 cm³/mol. The lowest BCUT2D eigenvalue weighted by atomic mass is 9.79. The molecular weight excluding hydrogens is 190 g/mol. The molecule has 2 N–H and O–H groups in total. The van der Waals surface area contributed by atoms with E-state index in [-0.39, 0.29) is 23.8 Å². The zero-order valence-electron chi connectivity index (χ0n) is 9.24. The number of nitrogens with one attached hydrogen (secondary N) is 1. The van der Waals surface area contributed by atoms with Crippen LogP contribution in [0.5, 0.6) is 0 Å². The fourth-order valence-electron chi connectivity index (χ4n) is 2.99. The van der Waals surface area contributed by atoms with Gasteiger partial charge in [-0.2, -0.15) is 0 Å². The first-order valence-electron chi connectivity index (χ1n) is 6.25. The molecule has 1 aliphatic carbocycles. The van der Waals surface area contributed by atoms with Crippen LogP contribution in [0, 0.1) is 11.8 Å². The summed E-state index contributed by atoms with van der Waals surface area (Å²) in [6.07, 6.45) is 7.20. The highest BCUT2D eigenvalue weighted by molar-refractivity contribution is 5.79. The van der Waals surface area contributed by atoms with Crippen LogP contribution in [0.25, 0.3) is 0 Å². The van der Waals surface area contributed by atoms with Crippen LogP contribution >= 0.6 is 0 Å². The van der Waals surface area contributed by atoms with Gasteiger partial charge >= 0.3 is 0 Å². The molecule has 15 heavy (non-hydrogen) atoms. The third-order valence-electron chi connectivity index (χ3n) is 3.88. The summed E-state index contributed by atoms with van der Waals surface area (Å²) in [5.74, 6) is 0.465. The van der Waals surface area contributed by atoms with E-state index in [2.05, 4.69) is 5.32 Å². The molecule has 1 amide bonds. The third-order valence-corrected chi connectivity index (χ3v) is 3.88. The zero-order chi connectivity index (χ0) is 10.7. The molecule has 1 aliphatic heterocycles. The van der Waals surface area contributed by atoms with E-state index in [1.807, 2.05) is 0 Å². The molecule has 0 bridgehead atoms. The standard InChI is InChI=1S/C12H21NO2/c14-11-7-3-1-2-5-9(11)10-6-4-8-13-12(10)15/h9-11,14H,1-8H2,(H,13,15). The highest BCUT2D eigenvalue weighted by Crippen LogP contribution is 2.33. The first kappa shape index (κ1) is 10.9. The molecule has 2 fully saturated rings. The SMILES string of the molecule is O=C1NCCCC1C1CCCCCC1O. The molecule has 1 saturated heterocycles. The monoisotopic (exact) mass is 211 g/mol. The van der Waals surface area contributed by atoms with Crippen molar-refractivity contribution in [1.82, 2.24) is 5.32 Å². The van der Waals surface area contributed by atoms with Crippen LogP contribution in [0.2, 0.25) is 0 Å². The molecule has 1 heterocycles. The maximum Gasteiger partial charge on any atom is 0.223 e. The lowest BCUT2D eigenvalue weighted by molar-refractivity contribution is -0.130. The second kappa shape index (κ2) is 4.97. The van der Waals surface area contributed by atoms with E-state index < -0.39 is 0 Å². The lowest BCUT2D eigenvalue weighted by Gasteiger charge is -2.31. The van der Waals surface area contributed by atoms with Gasteiger partial charge < -0.3 is 10.4 Å². The van der Waals surface area contributed by atoms with Crippen molar-refractivity contribution in [2.75, 3.05) is 6.54 Å². The van der Waals surface area contributed by atoms with E-state index in [4.69, 9.17) is 0 Å². The van der Waals surface area contributed by atoms with Crippen LogP contribution in [-0.2, 0) is 4.79 Å². The highest BCUT2D eigenvalue weighted by atomic mass is 16.3. The van der Waals surface area contributed by atoms with Crippen LogP contribution < -0.4 is 5.32 Å². The van der Waals surface area contributed by atoms with Crippen molar-refractivity contribution in [3.8, 4) is 0 Å². The molecule has 3 unspecified atom stereocenters. The van der Waals surface area contributed by atoms with Gasteiger partial charge in [0.1, 0.15) is 0 Å². The number of rotatable bonds is 1. The zero-order valence-corrected chi connectivity index (χ0v) is 9.24. The van der Waals surface area contributed by atoms with Crippen molar-refractivity contribution in [2.45, 2.75) is 51.0 Å². The van der Waals surface area contributed by atoms with Crippen LogP contribution in [0.15, 0.2) is 0 Å². The molecular formula is C12H21NO2. The smallest absolute Gasteiger partial charge is 0.223 e. The van der Waals surface area contributed by atoms with Crippen LogP contribution in [0.1, 0.15) is 44.9 Å². The summed E-state index contributed by atoms with van der Waals surface area (Å²) in [5, 5.41) is 13.0. The number of carbonyl (C=O) groups is 1. The maximum absolute atomic E-state index is 11.7. The largest absolute Gasteiger partial charge is 0.393 e. The number of aliphatic hydroxyl groups excluding tert-OH is 1. The van der Waals surface area contributed by atoms with Gasteiger partial charge in [0, 0.05) is 12.5 Å². The van der Waals surface area contributed by atoms with Gasteiger partial charge in [-0.25, -0.2) is 0 Å². The summed E-state index contributed by atoms with van der Waals surface area (Å²) >= 11 is 0. The van der Waals surface area contributed by atoms with Gasteiger partial charge in [0.2, 0.25) is 5.91 Å². The Morgan fingerprint density at radius 2 is 1.87 bits per heavy atom. The third kappa shape index (κ3) is 2.51. The molecule has 0 aromatic rings. The first-order valence-corrected chi connectivity index (χ1v) is 6.25. The summed E-state index contributed by atoms with van der Waals surface area (Å²) in [6, 6.07) is 0. The van der Waals surface area contributed by atoms with Crippen molar-refractivity contribution in [1.29, 1.82) is 0 Å². The number of piperidine rings is 1. The van der Waals surface area contributed by atoms with Gasteiger partial charge in [0.25, 0.3) is 0 Å². The Hall–Kier alpha value is -0.570. The van der Waals surface area contributed by atoms with Crippen LogP contribution in [0.3, 0.4) is 0 Å². The van der Waals surface area contributed by atoms with Crippen molar-refractivity contribution in [3.05, 3.63) is 0 Å². The minimum Gasteiger partial charge on any atom is -0.393 e. The number of aliphatic hydroxyl groups is 1. The van der Waals surface area contributed by atoms with E-state index in [0.717, 1.165) is 38.6 Å². The van der Waals surface area contributed by atoms with Crippen molar-refractivity contribution in [3.63, 3.8) is 0 Å².